The predicted octanol–water partition coefficient (Wildman–Crippen LogP) is 3.48. The van der Waals surface area contributed by atoms with Gasteiger partial charge in [-0.05, 0) is 30.8 Å². The molecule has 140 valence electrons. The highest BCUT2D eigenvalue weighted by Crippen LogP contribution is 2.37. The fraction of sp³-hybridized carbons (Fsp3) is 0.222. The summed E-state index contributed by atoms with van der Waals surface area (Å²) in [7, 11) is 3.04. The summed E-state index contributed by atoms with van der Waals surface area (Å²) in [6, 6.07) is 8.98. The van der Waals surface area contributed by atoms with Gasteiger partial charge in [0.25, 0.3) is 0 Å². The minimum absolute atomic E-state index is 0.119. The van der Waals surface area contributed by atoms with Crippen LogP contribution in [0.25, 0.3) is 11.3 Å². The lowest BCUT2D eigenvalue weighted by Crippen LogP contribution is -2.06. The number of hydrogen-bond acceptors (Lipinski definition) is 9. The van der Waals surface area contributed by atoms with Crippen molar-refractivity contribution in [2.75, 3.05) is 20.8 Å². The van der Waals surface area contributed by atoms with Crippen LogP contribution in [-0.4, -0.2) is 41.7 Å². The molecule has 9 heteroatoms. The van der Waals surface area contributed by atoms with Crippen molar-refractivity contribution in [1.82, 2.24) is 15.0 Å². The number of oxazole rings is 1. The van der Waals surface area contributed by atoms with E-state index in [0.29, 0.717) is 28.2 Å². The number of hydrogen-bond donors (Lipinski definition) is 0. The monoisotopic (exact) mass is 387 g/mol. The summed E-state index contributed by atoms with van der Waals surface area (Å²) >= 11 is 1.28. The van der Waals surface area contributed by atoms with Gasteiger partial charge in [0.15, 0.2) is 23.0 Å². The molecule has 1 aromatic carbocycles. The van der Waals surface area contributed by atoms with Crippen molar-refractivity contribution in [2.45, 2.75) is 17.0 Å². The number of ether oxygens (including phenoxy) is 3. The molecular formula is C18H17N3O5S. The molecule has 0 fully saturated rings. The number of carbonyl (C=O) groups is 1. The minimum atomic E-state index is -0.541. The van der Waals surface area contributed by atoms with Crippen molar-refractivity contribution < 1.29 is 23.4 Å². The maximum absolute atomic E-state index is 12.1. The van der Waals surface area contributed by atoms with Gasteiger partial charge in [-0.3, -0.25) is 0 Å². The average Bonchev–Trinajstić information content (AvgIpc) is 3.18. The molecule has 8 nitrogen and oxygen atoms in total. The summed E-state index contributed by atoms with van der Waals surface area (Å²) < 4.78 is 20.9. The molecule has 3 aromatic rings. The molecule has 0 radical (unpaired) electrons. The zero-order valence-corrected chi connectivity index (χ0v) is 15.8. The van der Waals surface area contributed by atoms with Gasteiger partial charge in [0.1, 0.15) is 0 Å². The second kappa shape index (κ2) is 8.54. The molecule has 0 saturated heterocycles. The zero-order chi connectivity index (χ0) is 19.2. The maximum Gasteiger partial charge on any atom is 0.360 e. The number of esters is 1. The van der Waals surface area contributed by atoms with Gasteiger partial charge < -0.3 is 18.6 Å². The Hall–Kier alpha value is -3.07. The first-order chi connectivity index (χ1) is 13.2. The Bertz CT molecular complexity index is 922. The summed E-state index contributed by atoms with van der Waals surface area (Å²) in [6.07, 6.45) is 1.22. The Labute approximate surface area is 159 Å². The highest BCUT2D eigenvalue weighted by atomic mass is 32.2. The lowest BCUT2D eigenvalue weighted by atomic mass is 10.1. The van der Waals surface area contributed by atoms with Crippen LogP contribution >= 0.6 is 11.8 Å². The summed E-state index contributed by atoms with van der Waals surface area (Å²) in [5.74, 6) is 0.550. The normalized spacial score (nSPS) is 10.5. The molecule has 0 N–H and O–H groups in total. The van der Waals surface area contributed by atoms with Crippen LogP contribution in [0.15, 0.2) is 51.2 Å². The first-order valence-electron chi connectivity index (χ1n) is 8.01. The molecule has 0 aliphatic rings. The molecule has 0 atom stereocenters. The highest BCUT2D eigenvalue weighted by Gasteiger charge is 2.22. The Morgan fingerprint density at radius 1 is 1.15 bits per heavy atom. The molecule has 3 rings (SSSR count). The molecule has 0 aliphatic heterocycles. The Morgan fingerprint density at radius 2 is 1.85 bits per heavy atom. The Balaban J connectivity index is 1.99. The lowest BCUT2D eigenvalue weighted by molar-refractivity contribution is 0.0520. The molecule has 0 unspecified atom stereocenters. The second-order valence-corrected chi connectivity index (χ2v) is 6.09. The van der Waals surface area contributed by atoms with E-state index >= 15 is 0 Å². The number of rotatable bonds is 7. The van der Waals surface area contributed by atoms with Gasteiger partial charge in [-0.15, -0.1) is 0 Å². The van der Waals surface area contributed by atoms with Crippen molar-refractivity contribution in [3.8, 4) is 23.1 Å². The summed E-state index contributed by atoms with van der Waals surface area (Å²) in [5.41, 5.74) is 0.794. The van der Waals surface area contributed by atoms with Gasteiger partial charge in [-0.25, -0.2) is 9.78 Å². The molecule has 0 bridgehead atoms. The van der Waals surface area contributed by atoms with E-state index in [9.17, 15) is 4.79 Å². The molecule has 0 aliphatic carbocycles. The van der Waals surface area contributed by atoms with E-state index in [1.54, 1.807) is 13.0 Å². The number of nitrogens with zero attached hydrogens (tertiary/aromatic N) is 3. The molecule has 0 amide bonds. The first-order valence-corrected chi connectivity index (χ1v) is 8.82. The van der Waals surface area contributed by atoms with E-state index < -0.39 is 5.97 Å². The van der Waals surface area contributed by atoms with Gasteiger partial charge in [-0.1, -0.05) is 12.1 Å². The van der Waals surface area contributed by atoms with Crippen LogP contribution in [-0.2, 0) is 4.74 Å². The molecule has 2 aromatic heterocycles. The van der Waals surface area contributed by atoms with E-state index in [-0.39, 0.29) is 12.3 Å². The fourth-order valence-corrected chi connectivity index (χ4v) is 3.15. The van der Waals surface area contributed by atoms with Crippen molar-refractivity contribution in [2.24, 2.45) is 0 Å². The molecular weight excluding hydrogens is 370 g/mol. The van der Waals surface area contributed by atoms with Gasteiger partial charge in [0.05, 0.1) is 26.9 Å². The van der Waals surface area contributed by atoms with E-state index in [4.69, 9.17) is 18.6 Å². The van der Waals surface area contributed by atoms with Gasteiger partial charge in [0, 0.05) is 10.5 Å². The maximum atomic E-state index is 12.1. The Kier molecular flexibility index (Phi) is 5.92. The third-order valence-corrected chi connectivity index (χ3v) is 4.39. The SMILES string of the molecule is CCOC(=O)c1ncoc1-c1ccccc1Sc1nc(OC)cc(OC)n1. The zero-order valence-electron chi connectivity index (χ0n) is 15.0. The second-order valence-electron chi connectivity index (χ2n) is 5.08. The first kappa shape index (κ1) is 18.7. The summed E-state index contributed by atoms with van der Waals surface area (Å²) in [5, 5.41) is 0.427. The van der Waals surface area contributed by atoms with Crippen LogP contribution in [0.1, 0.15) is 17.4 Å². The third-order valence-electron chi connectivity index (χ3n) is 3.45. The number of carbonyl (C=O) groups excluding carboxylic acids is 1. The summed E-state index contributed by atoms with van der Waals surface area (Å²) in [6.45, 7) is 1.98. The largest absolute Gasteiger partial charge is 0.481 e. The van der Waals surface area contributed by atoms with Gasteiger partial charge in [0.2, 0.25) is 11.8 Å². The highest BCUT2D eigenvalue weighted by molar-refractivity contribution is 7.99. The average molecular weight is 387 g/mol. The molecule has 0 spiro atoms. The van der Waals surface area contributed by atoms with E-state index in [2.05, 4.69) is 15.0 Å². The van der Waals surface area contributed by atoms with Crippen molar-refractivity contribution >= 4 is 17.7 Å². The number of methoxy groups -OCH3 is 2. The van der Waals surface area contributed by atoms with Crippen molar-refractivity contribution in [3.05, 3.63) is 42.4 Å². The smallest absolute Gasteiger partial charge is 0.360 e. The topological polar surface area (TPSA) is 96.6 Å². The van der Waals surface area contributed by atoms with Crippen LogP contribution in [0, 0.1) is 0 Å². The minimum Gasteiger partial charge on any atom is -0.481 e. The molecule has 2 heterocycles. The van der Waals surface area contributed by atoms with E-state index in [1.807, 2.05) is 24.3 Å². The van der Waals surface area contributed by atoms with Crippen molar-refractivity contribution in [1.29, 1.82) is 0 Å². The lowest BCUT2D eigenvalue weighted by Gasteiger charge is -2.09. The number of aromatic nitrogens is 3. The van der Waals surface area contributed by atoms with Crippen LogP contribution in [0.5, 0.6) is 11.8 Å². The third kappa shape index (κ3) is 4.20. The van der Waals surface area contributed by atoms with Crippen LogP contribution in [0.4, 0.5) is 0 Å². The standard InChI is InChI=1S/C18H17N3O5S/c1-4-25-17(22)15-16(26-10-19-15)11-7-5-6-8-12(11)27-18-20-13(23-2)9-14(21-18)24-3/h5-10H,4H2,1-3H3. The molecule has 27 heavy (non-hydrogen) atoms. The quantitative estimate of drug-likeness (QED) is 0.446. The van der Waals surface area contributed by atoms with E-state index in [1.165, 1.54) is 32.4 Å². The van der Waals surface area contributed by atoms with Crippen LogP contribution in [0.3, 0.4) is 0 Å². The van der Waals surface area contributed by atoms with Gasteiger partial charge in [-0.2, -0.15) is 9.97 Å². The van der Waals surface area contributed by atoms with Gasteiger partial charge >= 0.3 is 5.97 Å². The van der Waals surface area contributed by atoms with E-state index in [0.717, 1.165) is 4.90 Å². The number of benzene rings is 1. The van der Waals surface area contributed by atoms with Crippen LogP contribution in [0.2, 0.25) is 0 Å². The van der Waals surface area contributed by atoms with Crippen molar-refractivity contribution in [3.63, 3.8) is 0 Å². The predicted molar refractivity (Wildman–Crippen MR) is 97.2 cm³/mol. The fourth-order valence-electron chi connectivity index (χ4n) is 2.26. The van der Waals surface area contributed by atoms with Crippen LogP contribution < -0.4 is 9.47 Å². The Morgan fingerprint density at radius 3 is 2.52 bits per heavy atom. The molecule has 0 saturated carbocycles. The summed E-state index contributed by atoms with van der Waals surface area (Å²) in [4.78, 5) is 25.5.